The predicted octanol–water partition coefficient (Wildman–Crippen LogP) is 1.96. The van der Waals surface area contributed by atoms with E-state index in [1.54, 1.807) is 29.1 Å². The van der Waals surface area contributed by atoms with Crippen molar-refractivity contribution in [3.8, 4) is 5.75 Å². The molecule has 1 aliphatic heterocycles. The molecule has 1 saturated heterocycles. The minimum absolute atomic E-state index is 0.0281. The first-order valence-corrected chi connectivity index (χ1v) is 7.89. The van der Waals surface area contributed by atoms with Crippen LogP contribution in [0.5, 0.6) is 5.75 Å². The zero-order valence-corrected chi connectivity index (χ0v) is 13.7. The lowest BCUT2D eigenvalue weighted by atomic mass is 10.3. The summed E-state index contributed by atoms with van der Waals surface area (Å²) in [4.78, 5) is 16.5. The molecular formula is C16H19ClN4O2. The van der Waals surface area contributed by atoms with Crippen molar-refractivity contribution in [1.82, 2.24) is 19.6 Å². The van der Waals surface area contributed by atoms with Crippen LogP contribution in [0.1, 0.15) is 10.5 Å². The Morgan fingerprint density at radius 1 is 1.26 bits per heavy atom. The maximum absolute atomic E-state index is 12.4. The Labute approximate surface area is 140 Å². The highest BCUT2D eigenvalue weighted by Gasteiger charge is 2.22. The van der Waals surface area contributed by atoms with Gasteiger partial charge in [0.2, 0.25) is 0 Å². The monoisotopic (exact) mass is 334 g/mol. The third kappa shape index (κ3) is 4.03. The van der Waals surface area contributed by atoms with E-state index in [2.05, 4.69) is 17.0 Å². The maximum Gasteiger partial charge on any atom is 0.274 e. The SMILES string of the molecule is CN1CCN(C(=O)c2ccn(COc3cccc(Cl)c3)n2)CC1. The predicted molar refractivity (Wildman–Crippen MR) is 87.7 cm³/mol. The Balaban J connectivity index is 1.58. The van der Waals surface area contributed by atoms with Crippen molar-refractivity contribution in [1.29, 1.82) is 0 Å². The van der Waals surface area contributed by atoms with Crippen molar-refractivity contribution >= 4 is 17.5 Å². The fraction of sp³-hybridized carbons (Fsp3) is 0.375. The lowest BCUT2D eigenvalue weighted by molar-refractivity contribution is 0.0656. The second kappa shape index (κ2) is 7.02. The van der Waals surface area contributed by atoms with Crippen LogP contribution >= 0.6 is 11.6 Å². The molecule has 0 saturated carbocycles. The fourth-order valence-corrected chi connectivity index (χ4v) is 2.60. The van der Waals surface area contributed by atoms with E-state index in [-0.39, 0.29) is 12.6 Å². The third-order valence-electron chi connectivity index (χ3n) is 3.81. The molecule has 0 unspecified atom stereocenters. The number of carbonyl (C=O) groups excluding carboxylic acids is 1. The van der Waals surface area contributed by atoms with Gasteiger partial charge in [0, 0.05) is 37.4 Å². The van der Waals surface area contributed by atoms with E-state index in [0.717, 1.165) is 26.2 Å². The number of aromatic nitrogens is 2. The van der Waals surface area contributed by atoms with E-state index in [9.17, 15) is 4.79 Å². The molecule has 0 spiro atoms. The Morgan fingerprint density at radius 2 is 2.04 bits per heavy atom. The van der Waals surface area contributed by atoms with Gasteiger partial charge in [0.15, 0.2) is 12.4 Å². The quantitative estimate of drug-likeness (QED) is 0.857. The first-order valence-electron chi connectivity index (χ1n) is 7.51. The summed E-state index contributed by atoms with van der Waals surface area (Å²) in [6, 6.07) is 8.90. The number of carbonyl (C=O) groups is 1. The van der Waals surface area contributed by atoms with Gasteiger partial charge in [-0.15, -0.1) is 0 Å². The molecule has 0 radical (unpaired) electrons. The Hall–Kier alpha value is -2.05. The number of amides is 1. The summed E-state index contributed by atoms with van der Waals surface area (Å²) in [5.74, 6) is 0.638. The van der Waals surface area contributed by atoms with E-state index < -0.39 is 0 Å². The molecule has 1 aromatic heterocycles. The normalized spacial score (nSPS) is 15.7. The molecule has 6 nitrogen and oxygen atoms in total. The molecule has 122 valence electrons. The zero-order chi connectivity index (χ0) is 16.2. The van der Waals surface area contributed by atoms with Gasteiger partial charge in [-0.05, 0) is 31.3 Å². The molecule has 3 rings (SSSR count). The summed E-state index contributed by atoms with van der Waals surface area (Å²) < 4.78 is 7.21. The molecule has 1 fully saturated rings. The number of benzene rings is 1. The van der Waals surface area contributed by atoms with Gasteiger partial charge in [0.25, 0.3) is 5.91 Å². The molecule has 0 bridgehead atoms. The van der Waals surface area contributed by atoms with E-state index in [1.165, 1.54) is 0 Å². The highest BCUT2D eigenvalue weighted by atomic mass is 35.5. The minimum Gasteiger partial charge on any atom is -0.471 e. The van der Waals surface area contributed by atoms with Crippen LogP contribution in [0.3, 0.4) is 0 Å². The summed E-state index contributed by atoms with van der Waals surface area (Å²) in [6.07, 6.45) is 1.74. The highest BCUT2D eigenvalue weighted by Crippen LogP contribution is 2.17. The van der Waals surface area contributed by atoms with Crippen molar-refractivity contribution in [2.24, 2.45) is 0 Å². The van der Waals surface area contributed by atoms with Crippen LogP contribution in [0.2, 0.25) is 5.02 Å². The van der Waals surface area contributed by atoms with Crippen LogP contribution in [0.15, 0.2) is 36.5 Å². The van der Waals surface area contributed by atoms with Crippen LogP contribution in [0, 0.1) is 0 Å². The van der Waals surface area contributed by atoms with E-state index in [4.69, 9.17) is 16.3 Å². The third-order valence-corrected chi connectivity index (χ3v) is 4.04. The molecule has 2 heterocycles. The molecular weight excluding hydrogens is 316 g/mol. The van der Waals surface area contributed by atoms with Gasteiger partial charge in [0.1, 0.15) is 5.75 Å². The Kier molecular flexibility index (Phi) is 4.83. The van der Waals surface area contributed by atoms with Gasteiger partial charge in [-0.25, -0.2) is 4.68 Å². The topological polar surface area (TPSA) is 50.6 Å². The highest BCUT2D eigenvalue weighted by molar-refractivity contribution is 6.30. The van der Waals surface area contributed by atoms with E-state index >= 15 is 0 Å². The standard InChI is InChI=1S/C16H19ClN4O2/c1-19-7-9-20(10-8-19)16(22)15-5-6-21(18-15)12-23-14-4-2-3-13(17)11-14/h2-6,11H,7-10,12H2,1H3. The lowest BCUT2D eigenvalue weighted by Crippen LogP contribution is -2.47. The van der Waals surface area contributed by atoms with Crippen molar-refractivity contribution < 1.29 is 9.53 Å². The zero-order valence-electron chi connectivity index (χ0n) is 13.0. The number of rotatable bonds is 4. The van der Waals surface area contributed by atoms with Gasteiger partial charge in [-0.2, -0.15) is 5.10 Å². The first-order chi connectivity index (χ1) is 11.1. The van der Waals surface area contributed by atoms with Crippen LogP contribution < -0.4 is 4.74 Å². The van der Waals surface area contributed by atoms with Crippen molar-refractivity contribution in [2.45, 2.75) is 6.73 Å². The number of hydrogen-bond acceptors (Lipinski definition) is 4. The largest absolute Gasteiger partial charge is 0.471 e. The number of hydrogen-bond donors (Lipinski definition) is 0. The summed E-state index contributed by atoms with van der Waals surface area (Å²) in [6.45, 7) is 3.49. The second-order valence-corrected chi connectivity index (χ2v) is 6.00. The molecule has 1 aliphatic rings. The summed E-state index contributed by atoms with van der Waals surface area (Å²) in [5, 5.41) is 4.92. The van der Waals surface area contributed by atoms with Crippen molar-refractivity contribution in [3.05, 3.63) is 47.2 Å². The van der Waals surface area contributed by atoms with Gasteiger partial charge in [0.05, 0.1) is 0 Å². The maximum atomic E-state index is 12.4. The molecule has 1 aromatic carbocycles. The number of nitrogens with zero attached hydrogens (tertiary/aromatic N) is 4. The number of likely N-dealkylation sites (N-methyl/N-ethyl adjacent to an activating group) is 1. The minimum atomic E-state index is -0.0281. The number of halogens is 1. The average molecular weight is 335 g/mol. The molecule has 0 N–H and O–H groups in total. The van der Waals surface area contributed by atoms with Crippen LogP contribution in [-0.4, -0.2) is 58.7 Å². The number of ether oxygens (including phenoxy) is 1. The van der Waals surface area contributed by atoms with Gasteiger partial charge in [-0.3, -0.25) is 4.79 Å². The van der Waals surface area contributed by atoms with Gasteiger partial charge >= 0.3 is 0 Å². The molecule has 7 heteroatoms. The van der Waals surface area contributed by atoms with Crippen LogP contribution in [0.25, 0.3) is 0 Å². The Bertz CT molecular complexity index is 680. The summed E-state index contributed by atoms with van der Waals surface area (Å²) in [7, 11) is 2.06. The smallest absolute Gasteiger partial charge is 0.274 e. The van der Waals surface area contributed by atoms with Crippen molar-refractivity contribution in [3.63, 3.8) is 0 Å². The number of piperazine rings is 1. The van der Waals surface area contributed by atoms with E-state index in [0.29, 0.717) is 16.5 Å². The van der Waals surface area contributed by atoms with Crippen LogP contribution in [0.4, 0.5) is 0 Å². The van der Waals surface area contributed by atoms with E-state index in [1.807, 2.05) is 17.0 Å². The van der Waals surface area contributed by atoms with Gasteiger partial charge in [-0.1, -0.05) is 17.7 Å². The molecule has 2 aromatic rings. The average Bonchev–Trinajstić information content (AvgIpc) is 3.02. The fourth-order valence-electron chi connectivity index (χ4n) is 2.42. The molecule has 1 amide bonds. The first kappa shape index (κ1) is 15.8. The lowest BCUT2D eigenvalue weighted by Gasteiger charge is -2.31. The second-order valence-electron chi connectivity index (χ2n) is 5.57. The van der Waals surface area contributed by atoms with Crippen molar-refractivity contribution in [2.75, 3.05) is 33.2 Å². The molecule has 0 aliphatic carbocycles. The summed E-state index contributed by atoms with van der Waals surface area (Å²) >= 11 is 5.91. The van der Waals surface area contributed by atoms with Crippen LogP contribution in [-0.2, 0) is 6.73 Å². The Morgan fingerprint density at radius 3 is 2.78 bits per heavy atom. The molecule has 0 atom stereocenters. The summed E-state index contributed by atoms with van der Waals surface area (Å²) in [5.41, 5.74) is 0.448. The molecule has 23 heavy (non-hydrogen) atoms. The van der Waals surface area contributed by atoms with Gasteiger partial charge < -0.3 is 14.5 Å².